The number of ether oxygens (including phenoxy) is 1. The van der Waals surface area contributed by atoms with Crippen LogP contribution in [0.1, 0.15) is 5.56 Å². The lowest BCUT2D eigenvalue weighted by atomic mass is 10.1. The van der Waals surface area contributed by atoms with Gasteiger partial charge >= 0.3 is 0 Å². The van der Waals surface area contributed by atoms with Crippen molar-refractivity contribution in [3.05, 3.63) is 63.3 Å². The second-order valence-corrected chi connectivity index (χ2v) is 5.90. The quantitative estimate of drug-likeness (QED) is 0.809. The zero-order valence-electron chi connectivity index (χ0n) is 11.6. The summed E-state index contributed by atoms with van der Waals surface area (Å²) in [5.41, 5.74) is 0.911. The van der Waals surface area contributed by atoms with Crippen LogP contribution in [0.3, 0.4) is 0 Å². The molecule has 0 fully saturated rings. The van der Waals surface area contributed by atoms with Gasteiger partial charge < -0.3 is 10.1 Å². The van der Waals surface area contributed by atoms with Crippen LogP contribution in [0.5, 0.6) is 5.75 Å². The van der Waals surface area contributed by atoms with E-state index in [9.17, 15) is 4.39 Å². The Kier molecular flexibility index (Phi) is 6.03. The molecule has 0 amide bonds. The van der Waals surface area contributed by atoms with Crippen LogP contribution < -0.4 is 10.1 Å². The number of likely N-dealkylation sites (N-methyl/N-ethyl adjacent to an activating group) is 1. The fourth-order valence-corrected chi connectivity index (χ4v) is 2.50. The normalized spacial score (nSPS) is 12.2. The van der Waals surface area contributed by atoms with Crippen LogP contribution in [0.15, 0.2) is 46.9 Å². The lowest BCUT2D eigenvalue weighted by molar-refractivity contribution is 0.269. The van der Waals surface area contributed by atoms with Crippen molar-refractivity contribution < 1.29 is 9.13 Å². The summed E-state index contributed by atoms with van der Waals surface area (Å²) in [7, 11) is 1.86. The van der Waals surface area contributed by atoms with Gasteiger partial charge in [-0.3, -0.25) is 0 Å². The van der Waals surface area contributed by atoms with E-state index in [1.807, 2.05) is 25.2 Å². The van der Waals surface area contributed by atoms with E-state index in [1.165, 1.54) is 6.07 Å². The topological polar surface area (TPSA) is 21.3 Å². The van der Waals surface area contributed by atoms with Crippen LogP contribution >= 0.6 is 27.5 Å². The van der Waals surface area contributed by atoms with E-state index in [-0.39, 0.29) is 11.9 Å². The molecule has 0 aliphatic carbocycles. The number of nitrogens with one attached hydrogen (secondary N) is 1. The summed E-state index contributed by atoms with van der Waals surface area (Å²) in [5.74, 6) is 0.513. The van der Waals surface area contributed by atoms with E-state index in [2.05, 4.69) is 21.2 Å². The highest BCUT2D eigenvalue weighted by atomic mass is 79.9. The summed E-state index contributed by atoms with van der Waals surface area (Å²) >= 11 is 9.12. The van der Waals surface area contributed by atoms with Gasteiger partial charge in [-0.05, 0) is 65.3 Å². The van der Waals surface area contributed by atoms with Gasteiger partial charge in [0.2, 0.25) is 0 Å². The molecule has 112 valence electrons. The number of benzene rings is 2. The molecule has 1 atom stereocenters. The van der Waals surface area contributed by atoms with E-state index in [0.29, 0.717) is 22.5 Å². The second kappa shape index (κ2) is 7.78. The maximum atomic E-state index is 13.5. The molecule has 0 aliphatic rings. The summed E-state index contributed by atoms with van der Waals surface area (Å²) in [6.45, 7) is 0.487. The van der Waals surface area contributed by atoms with Gasteiger partial charge in [-0.15, -0.1) is 0 Å². The van der Waals surface area contributed by atoms with Gasteiger partial charge in [-0.2, -0.15) is 0 Å². The van der Waals surface area contributed by atoms with E-state index in [1.54, 1.807) is 18.2 Å². The van der Waals surface area contributed by atoms with Gasteiger partial charge in [0.25, 0.3) is 0 Å². The zero-order chi connectivity index (χ0) is 15.2. The highest BCUT2D eigenvalue weighted by Gasteiger charge is 2.12. The third-order valence-corrected chi connectivity index (χ3v) is 4.31. The fourth-order valence-electron chi connectivity index (χ4n) is 1.94. The first-order valence-corrected chi connectivity index (χ1v) is 7.75. The summed E-state index contributed by atoms with van der Waals surface area (Å²) in [5, 5.41) is 3.86. The molecule has 2 nitrogen and oxygen atoms in total. The SMILES string of the molecule is CNC(COc1ccc(Cl)cc1)Cc1cccc(F)c1Br. The Morgan fingerprint density at radius 1 is 1.24 bits per heavy atom. The average molecular weight is 373 g/mol. The third kappa shape index (κ3) is 4.70. The van der Waals surface area contributed by atoms with Gasteiger partial charge in [-0.25, -0.2) is 4.39 Å². The number of halogens is 3. The van der Waals surface area contributed by atoms with Crippen molar-refractivity contribution in [1.29, 1.82) is 0 Å². The predicted octanol–water partition coefficient (Wildman–Crippen LogP) is 4.45. The maximum Gasteiger partial charge on any atom is 0.137 e. The van der Waals surface area contributed by atoms with Crippen molar-refractivity contribution in [2.45, 2.75) is 12.5 Å². The molecule has 0 saturated heterocycles. The van der Waals surface area contributed by atoms with Crippen molar-refractivity contribution in [1.82, 2.24) is 5.32 Å². The molecular weight excluding hydrogens is 357 g/mol. The van der Waals surface area contributed by atoms with Crippen LogP contribution in [0.2, 0.25) is 5.02 Å². The lowest BCUT2D eigenvalue weighted by Gasteiger charge is -2.18. The summed E-state index contributed by atoms with van der Waals surface area (Å²) in [6, 6.07) is 12.4. The van der Waals surface area contributed by atoms with Crippen LogP contribution in [-0.2, 0) is 6.42 Å². The second-order valence-electron chi connectivity index (χ2n) is 4.67. The van der Waals surface area contributed by atoms with Crippen LogP contribution in [0.25, 0.3) is 0 Å². The fraction of sp³-hybridized carbons (Fsp3) is 0.250. The Morgan fingerprint density at radius 2 is 1.95 bits per heavy atom. The van der Waals surface area contributed by atoms with E-state index >= 15 is 0 Å². The highest BCUT2D eigenvalue weighted by molar-refractivity contribution is 9.10. The average Bonchev–Trinajstić information content (AvgIpc) is 2.49. The van der Waals surface area contributed by atoms with Gasteiger partial charge in [0.1, 0.15) is 18.2 Å². The Morgan fingerprint density at radius 3 is 2.62 bits per heavy atom. The molecule has 0 bridgehead atoms. The maximum absolute atomic E-state index is 13.5. The molecule has 2 aromatic rings. The van der Waals surface area contributed by atoms with Gasteiger partial charge in [0.15, 0.2) is 0 Å². The molecule has 0 aromatic heterocycles. The Hall–Kier alpha value is -1.10. The molecule has 1 unspecified atom stereocenters. The van der Waals surface area contributed by atoms with Crippen molar-refractivity contribution in [2.75, 3.05) is 13.7 Å². The molecule has 0 radical (unpaired) electrons. The molecule has 2 rings (SSSR count). The number of hydrogen-bond acceptors (Lipinski definition) is 2. The Balaban J connectivity index is 1.97. The minimum atomic E-state index is -0.249. The van der Waals surface area contributed by atoms with Crippen molar-refractivity contribution in [2.24, 2.45) is 0 Å². The predicted molar refractivity (Wildman–Crippen MR) is 87.6 cm³/mol. The minimum absolute atomic E-state index is 0.0822. The molecule has 1 N–H and O–H groups in total. The molecular formula is C16H16BrClFNO. The molecule has 2 aromatic carbocycles. The van der Waals surface area contributed by atoms with E-state index in [0.717, 1.165) is 11.3 Å². The molecule has 0 saturated carbocycles. The summed E-state index contributed by atoms with van der Waals surface area (Å²) < 4.78 is 19.7. The monoisotopic (exact) mass is 371 g/mol. The van der Waals surface area contributed by atoms with E-state index in [4.69, 9.17) is 16.3 Å². The van der Waals surface area contributed by atoms with Crippen LogP contribution in [0, 0.1) is 5.82 Å². The van der Waals surface area contributed by atoms with Crippen molar-refractivity contribution in [3.8, 4) is 5.75 Å². The van der Waals surface area contributed by atoms with Gasteiger partial charge in [0.05, 0.1) is 4.47 Å². The minimum Gasteiger partial charge on any atom is -0.492 e. The molecule has 0 heterocycles. The lowest BCUT2D eigenvalue weighted by Crippen LogP contribution is -2.34. The van der Waals surface area contributed by atoms with Crippen LogP contribution in [-0.4, -0.2) is 19.7 Å². The first kappa shape index (κ1) is 16.3. The zero-order valence-corrected chi connectivity index (χ0v) is 13.9. The summed E-state index contributed by atoms with van der Waals surface area (Å²) in [4.78, 5) is 0. The molecule has 0 aliphatic heterocycles. The van der Waals surface area contributed by atoms with Gasteiger partial charge in [-0.1, -0.05) is 23.7 Å². The van der Waals surface area contributed by atoms with Gasteiger partial charge in [0, 0.05) is 11.1 Å². The molecule has 21 heavy (non-hydrogen) atoms. The largest absolute Gasteiger partial charge is 0.492 e. The van der Waals surface area contributed by atoms with E-state index < -0.39 is 0 Å². The summed E-state index contributed by atoms with van der Waals surface area (Å²) in [6.07, 6.45) is 0.669. The molecule has 5 heteroatoms. The van der Waals surface area contributed by atoms with Crippen molar-refractivity contribution in [3.63, 3.8) is 0 Å². The van der Waals surface area contributed by atoms with Crippen molar-refractivity contribution >= 4 is 27.5 Å². The first-order valence-electron chi connectivity index (χ1n) is 6.58. The molecule has 0 spiro atoms. The first-order chi connectivity index (χ1) is 10.1. The highest BCUT2D eigenvalue weighted by Crippen LogP contribution is 2.22. The third-order valence-electron chi connectivity index (χ3n) is 3.17. The van der Waals surface area contributed by atoms with Crippen LogP contribution in [0.4, 0.5) is 4.39 Å². The standard InChI is InChI=1S/C16H16BrClFNO/c1-20-13(9-11-3-2-4-15(19)16(11)17)10-21-14-7-5-12(18)6-8-14/h2-8,13,20H,9-10H2,1H3. The number of rotatable bonds is 6. The Bertz CT molecular complexity index is 591. The Labute approximate surface area is 137 Å². The smallest absolute Gasteiger partial charge is 0.137 e. The number of hydrogen-bond donors (Lipinski definition) is 1.